The zero-order chi connectivity index (χ0) is 13.5. The monoisotopic (exact) mass is 319 g/mol. The fraction of sp³-hybridized carbons (Fsp3) is 0.571. The minimum atomic E-state index is -0.510. The first kappa shape index (κ1) is 15.6. The van der Waals surface area contributed by atoms with Gasteiger partial charge in [0.25, 0.3) is 0 Å². The smallest absolute Gasteiger partial charge is 0.144 e. The molecule has 0 amide bonds. The lowest BCUT2D eigenvalue weighted by Gasteiger charge is -2.09. The first-order valence-corrected chi connectivity index (χ1v) is 7.14. The van der Waals surface area contributed by atoms with E-state index in [9.17, 15) is 8.78 Å². The number of rotatable bonds is 7. The van der Waals surface area contributed by atoms with Crippen LogP contribution in [-0.4, -0.2) is 6.54 Å². The highest BCUT2D eigenvalue weighted by Gasteiger charge is 2.11. The van der Waals surface area contributed by atoms with Crippen molar-refractivity contribution in [2.24, 2.45) is 5.92 Å². The predicted octanol–water partition coefficient (Wildman–Crippen LogP) is 4.64. The second-order valence-electron chi connectivity index (χ2n) is 4.89. The highest BCUT2D eigenvalue weighted by Crippen LogP contribution is 2.21. The van der Waals surface area contributed by atoms with E-state index in [1.54, 1.807) is 0 Å². The van der Waals surface area contributed by atoms with Gasteiger partial charge >= 0.3 is 0 Å². The van der Waals surface area contributed by atoms with Crippen LogP contribution in [0.3, 0.4) is 0 Å². The van der Waals surface area contributed by atoms with Gasteiger partial charge in [0.1, 0.15) is 11.6 Å². The van der Waals surface area contributed by atoms with Crippen LogP contribution in [0, 0.1) is 17.6 Å². The largest absolute Gasteiger partial charge is 0.312 e. The molecule has 0 radical (unpaired) electrons. The summed E-state index contributed by atoms with van der Waals surface area (Å²) in [4.78, 5) is 0. The predicted molar refractivity (Wildman–Crippen MR) is 74.5 cm³/mol. The van der Waals surface area contributed by atoms with Gasteiger partial charge in [-0.2, -0.15) is 0 Å². The van der Waals surface area contributed by atoms with Crippen LogP contribution in [0.1, 0.15) is 38.7 Å². The fourth-order valence-corrected chi connectivity index (χ4v) is 2.12. The molecule has 0 unspecified atom stereocenters. The Hall–Kier alpha value is -0.480. The zero-order valence-corrected chi connectivity index (χ0v) is 12.5. The second-order valence-corrected chi connectivity index (χ2v) is 5.74. The van der Waals surface area contributed by atoms with Crippen LogP contribution in [0.4, 0.5) is 8.78 Å². The molecule has 0 heterocycles. The molecule has 0 saturated heterocycles. The van der Waals surface area contributed by atoms with Crippen LogP contribution in [0.25, 0.3) is 0 Å². The van der Waals surface area contributed by atoms with E-state index in [1.807, 2.05) is 0 Å². The molecule has 0 atom stereocenters. The normalized spacial score (nSPS) is 11.2. The van der Waals surface area contributed by atoms with Gasteiger partial charge in [-0.3, -0.25) is 0 Å². The highest BCUT2D eigenvalue weighted by atomic mass is 79.9. The van der Waals surface area contributed by atoms with Gasteiger partial charge in [-0.15, -0.1) is 0 Å². The molecule has 0 bridgehead atoms. The molecule has 1 aromatic carbocycles. The van der Waals surface area contributed by atoms with Gasteiger partial charge in [-0.1, -0.05) is 26.7 Å². The van der Waals surface area contributed by atoms with Crippen molar-refractivity contribution >= 4 is 15.9 Å². The van der Waals surface area contributed by atoms with Gasteiger partial charge in [0.2, 0.25) is 0 Å². The molecule has 0 aliphatic carbocycles. The first-order valence-electron chi connectivity index (χ1n) is 6.35. The van der Waals surface area contributed by atoms with Crippen LogP contribution in [-0.2, 0) is 6.54 Å². The van der Waals surface area contributed by atoms with E-state index >= 15 is 0 Å². The zero-order valence-electron chi connectivity index (χ0n) is 10.9. The molecule has 0 spiro atoms. The number of benzene rings is 1. The summed E-state index contributed by atoms with van der Waals surface area (Å²) in [7, 11) is 0. The van der Waals surface area contributed by atoms with Crippen LogP contribution >= 0.6 is 15.9 Å². The summed E-state index contributed by atoms with van der Waals surface area (Å²) < 4.78 is 27.3. The van der Waals surface area contributed by atoms with Crippen molar-refractivity contribution in [1.29, 1.82) is 0 Å². The first-order chi connectivity index (χ1) is 8.52. The molecule has 0 fully saturated rings. The summed E-state index contributed by atoms with van der Waals surface area (Å²) in [5.41, 5.74) is 0.105. The maximum absolute atomic E-state index is 13.6. The number of unbranched alkanes of at least 4 members (excludes halogenated alkanes) is 1. The van der Waals surface area contributed by atoms with E-state index in [-0.39, 0.29) is 12.1 Å². The van der Waals surface area contributed by atoms with E-state index in [4.69, 9.17) is 0 Å². The van der Waals surface area contributed by atoms with Gasteiger partial charge in [0.05, 0.1) is 4.47 Å². The van der Waals surface area contributed by atoms with Crippen LogP contribution in [0.15, 0.2) is 16.6 Å². The van der Waals surface area contributed by atoms with Crippen molar-refractivity contribution in [1.82, 2.24) is 5.32 Å². The summed E-state index contributed by atoms with van der Waals surface area (Å²) >= 11 is 3.06. The molecule has 102 valence electrons. The number of hydrogen-bond donors (Lipinski definition) is 1. The molecular formula is C14H20BrF2N. The van der Waals surface area contributed by atoms with Crippen molar-refractivity contribution in [3.63, 3.8) is 0 Å². The third-order valence-corrected chi connectivity index (χ3v) is 3.44. The third-order valence-electron chi connectivity index (χ3n) is 2.83. The second kappa shape index (κ2) is 7.85. The Bertz CT molecular complexity index is 380. The number of halogens is 3. The van der Waals surface area contributed by atoms with Gasteiger partial charge in [-0.05, 0) is 46.9 Å². The van der Waals surface area contributed by atoms with Gasteiger partial charge < -0.3 is 5.32 Å². The molecule has 18 heavy (non-hydrogen) atoms. The molecule has 0 saturated carbocycles. The summed E-state index contributed by atoms with van der Waals surface area (Å²) in [6, 6.07) is 2.67. The maximum Gasteiger partial charge on any atom is 0.144 e. The molecule has 1 N–H and O–H groups in total. The minimum absolute atomic E-state index is 0.105. The molecule has 0 aromatic heterocycles. The van der Waals surface area contributed by atoms with Crippen molar-refractivity contribution in [2.75, 3.05) is 6.54 Å². The molecular weight excluding hydrogens is 300 g/mol. The Morgan fingerprint density at radius 2 is 1.94 bits per heavy atom. The lowest BCUT2D eigenvalue weighted by atomic mass is 10.1. The topological polar surface area (TPSA) is 12.0 Å². The third kappa shape index (κ3) is 5.02. The molecule has 0 aliphatic heterocycles. The molecule has 1 rings (SSSR count). The molecule has 4 heteroatoms. The lowest BCUT2D eigenvalue weighted by molar-refractivity contribution is 0.504. The van der Waals surface area contributed by atoms with Gasteiger partial charge in [0, 0.05) is 12.1 Å². The van der Waals surface area contributed by atoms with Crippen molar-refractivity contribution in [2.45, 2.75) is 39.7 Å². The van der Waals surface area contributed by atoms with Gasteiger partial charge in [-0.25, -0.2) is 8.78 Å². The summed E-state index contributed by atoms with van der Waals surface area (Å²) in [5, 5.41) is 3.08. The SMILES string of the molecule is CC(C)CCCCNCc1c(F)ccc(Br)c1F. The quantitative estimate of drug-likeness (QED) is 0.570. The molecule has 1 aromatic rings. The summed E-state index contributed by atoms with van der Waals surface area (Å²) in [6.07, 6.45) is 3.38. The van der Waals surface area contributed by atoms with E-state index in [2.05, 4.69) is 35.1 Å². The van der Waals surface area contributed by atoms with Crippen LogP contribution in [0.2, 0.25) is 0 Å². The van der Waals surface area contributed by atoms with Crippen LogP contribution < -0.4 is 5.32 Å². The number of nitrogens with one attached hydrogen (secondary N) is 1. The summed E-state index contributed by atoms with van der Waals surface area (Å²) in [5.74, 6) is -0.292. The Balaban J connectivity index is 2.33. The van der Waals surface area contributed by atoms with E-state index in [0.717, 1.165) is 19.4 Å². The Morgan fingerprint density at radius 3 is 2.61 bits per heavy atom. The lowest BCUT2D eigenvalue weighted by Crippen LogP contribution is -2.17. The van der Waals surface area contributed by atoms with E-state index in [0.29, 0.717) is 10.4 Å². The highest BCUT2D eigenvalue weighted by molar-refractivity contribution is 9.10. The minimum Gasteiger partial charge on any atom is -0.312 e. The van der Waals surface area contributed by atoms with Crippen LogP contribution in [0.5, 0.6) is 0 Å². The summed E-state index contributed by atoms with van der Waals surface area (Å²) in [6.45, 7) is 5.41. The van der Waals surface area contributed by atoms with Gasteiger partial charge in [0.15, 0.2) is 0 Å². The fourth-order valence-electron chi connectivity index (χ4n) is 1.75. The molecule has 0 aliphatic rings. The Labute approximate surface area is 116 Å². The average Bonchev–Trinajstić information content (AvgIpc) is 2.32. The molecule has 1 nitrogen and oxygen atoms in total. The standard InChI is InChI=1S/C14H20BrF2N/c1-10(2)5-3-4-8-18-9-11-13(16)7-6-12(15)14(11)17/h6-7,10,18H,3-5,8-9H2,1-2H3. The van der Waals surface area contributed by atoms with E-state index < -0.39 is 11.6 Å². The Morgan fingerprint density at radius 1 is 1.22 bits per heavy atom. The Kier molecular flexibility index (Phi) is 6.79. The van der Waals surface area contributed by atoms with E-state index in [1.165, 1.54) is 18.6 Å². The van der Waals surface area contributed by atoms with Crippen molar-refractivity contribution in [3.8, 4) is 0 Å². The average molecular weight is 320 g/mol. The van der Waals surface area contributed by atoms with Crippen molar-refractivity contribution < 1.29 is 8.78 Å². The van der Waals surface area contributed by atoms with Crippen molar-refractivity contribution in [3.05, 3.63) is 33.8 Å². The number of hydrogen-bond acceptors (Lipinski definition) is 1. The maximum atomic E-state index is 13.6.